The van der Waals surface area contributed by atoms with Crippen molar-refractivity contribution in [3.63, 3.8) is 0 Å². The number of hydrogen-bond acceptors (Lipinski definition) is 5. The Morgan fingerprint density at radius 2 is 2.05 bits per heavy atom. The van der Waals surface area contributed by atoms with Crippen molar-refractivity contribution in [2.45, 2.75) is 18.9 Å². The highest BCUT2D eigenvalue weighted by atomic mass is 35.5. The summed E-state index contributed by atoms with van der Waals surface area (Å²) in [7, 11) is 0. The van der Waals surface area contributed by atoms with E-state index in [0.717, 1.165) is 12.1 Å². The van der Waals surface area contributed by atoms with Crippen LogP contribution >= 0.6 is 12.4 Å². The molecule has 116 valence electrons. The molecule has 22 heavy (non-hydrogen) atoms. The predicted octanol–water partition coefficient (Wildman–Crippen LogP) is 2.70. The van der Waals surface area contributed by atoms with Gasteiger partial charge in [0, 0.05) is 18.4 Å². The third-order valence-corrected chi connectivity index (χ3v) is 3.48. The lowest BCUT2D eigenvalue weighted by Crippen LogP contribution is -2.37. The third kappa shape index (κ3) is 3.46. The average molecular weight is 321 g/mol. The molecule has 0 spiro atoms. The lowest BCUT2D eigenvalue weighted by molar-refractivity contribution is -0.138. The predicted molar refractivity (Wildman–Crippen MR) is 87.0 cm³/mol. The molecule has 1 aliphatic heterocycles. The molecule has 0 aliphatic carbocycles. The van der Waals surface area contributed by atoms with Crippen molar-refractivity contribution in [3.8, 4) is 0 Å². The quantitative estimate of drug-likeness (QED) is 0.901. The van der Waals surface area contributed by atoms with Crippen LogP contribution in [0.15, 0.2) is 42.6 Å². The van der Waals surface area contributed by atoms with Crippen LogP contribution in [0.5, 0.6) is 0 Å². The van der Waals surface area contributed by atoms with Crippen LogP contribution in [0.25, 0.3) is 0 Å². The lowest BCUT2D eigenvalue weighted by atomic mass is 10.2. The summed E-state index contributed by atoms with van der Waals surface area (Å²) < 4.78 is 0. The summed E-state index contributed by atoms with van der Waals surface area (Å²) >= 11 is 0. The van der Waals surface area contributed by atoms with E-state index in [1.54, 1.807) is 17.2 Å². The van der Waals surface area contributed by atoms with Crippen molar-refractivity contribution < 1.29 is 9.90 Å². The molecule has 1 aliphatic rings. The summed E-state index contributed by atoms with van der Waals surface area (Å²) in [6.45, 7) is 0.672. The van der Waals surface area contributed by atoms with Gasteiger partial charge in [0.05, 0.1) is 0 Å². The molecule has 0 amide bonds. The van der Waals surface area contributed by atoms with Gasteiger partial charge in [-0.3, -0.25) is 0 Å². The van der Waals surface area contributed by atoms with E-state index in [2.05, 4.69) is 15.3 Å². The Balaban J connectivity index is 0.00000176. The molecular weight excluding hydrogens is 304 g/mol. The molecule has 1 saturated heterocycles. The number of para-hydroxylation sites is 1. The number of rotatable bonds is 4. The van der Waals surface area contributed by atoms with Gasteiger partial charge in [-0.2, -0.15) is 4.98 Å². The average Bonchev–Trinajstić information content (AvgIpc) is 2.98. The molecule has 0 bridgehead atoms. The van der Waals surface area contributed by atoms with E-state index in [-0.39, 0.29) is 12.4 Å². The van der Waals surface area contributed by atoms with E-state index < -0.39 is 12.0 Å². The fraction of sp³-hybridized carbons (Fsp3) is 0.267. The summed E-state index contributed by atoms with van der Waals surface area (Å²) in [5.41, 5.74) is 0.929. The Morgan fingerprint density at radius 1 is 1.27 bits per heavy atom. The molecule has 2 heterocycles. The Labute approximate surface area is 134 Å². The Kier molecular flexibility index (Phi) is 5.16. The summed E-state index contributed by atoms with van der Waals surface area (Å²) in [5, 5.41) is 12.4. The van der Waals surface area contributed by atoms with Gasteiger partial charge in [0.1, 0.15) is 11.9 Å². The molecule has 3 rings (SSSR count). The molecule has 1 atom stereocenters. The second kappa shape index (κ2) is 7.09. The van der Waals surface area contributed by atoms with E-state index in [1.165, 1.54) is 0 Å². The Bertz CT molecular complexity index is 638. The first-order valence-electron chi connectivity index (χ1n) is 6.88. The first-order chi connectivity index (χ1) is 10.2. The first kappa shape index (κ1) is 16.0. The molecule has 1 aromatic carbocycles. The number of carboxylic acid groups (broad SMARTS) is 1. The second-order valence-corrected chi connectivity index (χ2v) is 4.92. The number of carboxylic acids is 1. The number of benzene rings is 1. The highest BCUT2D eigenvalue weighted by Crippen LogP contribution is 2.24. The Hall–Kier alpha value is -2.34. The summed E-state index contributed by atoms with van der Waals surface area (Å²) in [4.78, 5) is 21.6. The zero-order chi connectivity index (χ0) is 14.7. The third-order valence-electron chi connectivity index (χ3n) is 3.48. The van der Waals surface area contributed by atoms with Crippen LogP contribution in [0.3, 0.4) is 0 Å². The van der Waals surface area contributed by atoms with Crippen molar-refractivity contribution in [2.24, 2.45) is 0 Å². The molecule has 0 radical (unpaired) electrons. The SMILES string of the molecule is Cl.O=C(O)[C@@H]1CCCN1c1nccc(Nc2ccccc2)n1. The molecule has 2 N–H and O–H groups in total. The van der Waals surface area contributed by atoms with Crippen LogP contribution in [0.2, 0.25) is 0 Å². The molecule has 1 aromatic heterocycles. The van der Waals surface area contributed by atoms with Crippen LogP contribution in [0, 0.1) is 0 Å². The maximum absolute atomic E-state index is 11.2. The highest BCUT2D eigenvalue weighted by molar-refractivity contribution is 5.85. The number of aromatic nitrogens is 2. The zero-order valence-electron chi connectivity index (χ0n) is 11.8. The topological polar surface area (TPSA) is 78.3 Å². The van der Waals surface area contributed by atoms with Crippen LogP contribution < -0.4 is 10.2 Å². The van der Waals surface area contributed by atoms with Crippen LogP contribution in [-0.4, -0.2) is 33.6 Å². The van der Waals surface area contributed by atoms with Crippen molar-refractivity contribution in [1.29, 1.82) is 0 Å². The van der Waals surface area contributed by atoms with E-state index >= 15 is 0 Å². The van der Waals surface area contributed by atoms with Crippen molar-refractivity contribution in [1.82, 2.24) is 9.97 Å². The normalized spacial score (nSPS) is 16.9. The number of aliphatic carboxylic acids is 1. The lowest BCUT2D eigenvalue weighted by Gasteiger charge is -2.21. The molecule has 0 saturated carbocycles. The van der Waals surface area contributed by atoms with Gasteiger partial charge in [0.2, 0.25) is 5.95 Å². The molecule has 2 aromatic rings. The van der Waals surface area contributed by atoms with E-state index in [1.807, 2.05) is 30.3 Å². The Morgan fingerprint density at radius 3 is 2.77 bits per heavy atom. The minimum Gasteiger partial charge on any atom is -0.480 e. The largest absolute Gasteiger partial charge is 0.480 e. The maximum Gasteiger partial charge on any atom is 0.326 e. The highest BCUT2D eigenvalue weighted by Gasteiger charge is 2.32. The second-order valence-electron chi connectivity index (χ2n) is 4.92. The number of anilines is 3. The van der Waals surface area contributed by atoms with Gasteiger partial charge < -0.3 is 15.3 Å². The van der Waals surface area contributed by atoms with Gasteiger partial charge >= 0.3 is 5.97 Å². The maximum atomic E-state index is 11.2. The first-order valence-corrected chi connectivity index (χ1v) is 6.88. The summed E-state index contributed by atoms with van der Waals surface area (Å²) in [6.07, 6.45) is 3.12. The van der Waals surface area contributed by atoms with Crippen molar-refractivity contribution in [3.05, 3.63) is 42.6 Å². The monoisotopic (exact) mass is 320 g/mol. The smallest absolute Gasteiger partial charge is 0.326 e. The minimum absolute atomic E-state index is 0. The number of halogens is 1. The van der Waals surface area contributed by atoms with Gasteiger partial charge in [-0.15, -0.1) is 12.4 Å². The van der Waals surface area contributed by atoms with Crippen molar-refractivity contribution >= 4 is 35.8 Å². The van der Waals surface area contributed by atoms with Crippen LogP contribution in [0.1, 0.15) is 12.8 Å². The van der Waals surface area contributed by atoms with Crippen LogP contribution in [-0.2, 0) is 4.79 Å². The van der Waals surface area contributed by atoms with Gasteiger partial charge in [0.25, 0.3) is 0 Å². The molecule has 6 nitrogen and oxygen atoms in total. The number of carbonyl (C=O) groups is 1. The van der Waals surface area contributed by atoms with Gasteiger partial charge in [-0.05, 0) is 31.0 Å². The molecule has 7 heteroatoms. The molecule has 0 unspecified atom stereocenters. The summed E-state index contributed by atoms with van der Waals surface area (Å²) in [6, 6.07) is 10.9. The number of nitrogens with one attached hydrogen (secondary N) is 1. The van der Waals surface area contributed by atoms with Crippen molar-refractivity contribution in [2.75, 3.05) is 16.8 Å². The molecule has 1 fully saturated rings. The fourth-order valence-electron chi connectivity index (χ4n) is 2.49. The molecular formula is C15H17ClN4O2. The van der Waals surface area contributed by atoms with E-state index in [0.29, 0.717) is 24.7 Å². The number of nitrogens with zero attached hydrogens (tertiary/aromatic N) is 3. The standard InChI is InChI=1S/C15H16N4O2.ClH/c20-14(21)12-7-4-10-19(12)15-16-9-8-13(18-15)17-11-5-2-1-3-6-11;/h1-3,5-6,8-9,12H,4,7,10H2,(H,20,21)(H,16,17,18);1H/t12-;/m0./s1. The van der Waals surface area contributed by atoms with Gasteiger partial charge in [-0.1, -0.05) is 18.2 Å². The number of hydrogen-bond donors (Lipinski definition) is 2. The summed E-state index contributed by atoms with van der Waals surface area (Å²) in [5.74, 6) is 0.292. The zero-order valence-corrected chi connectivity index (χ0v) is 12.7. The van der Waals surface area contributed by atoms with Gasteiger partial charge in [-0.25, -0.2) is 9.78 Å². The fourth-order valence-corrected chi connectivity index (χ4v) is 2.49. The van der Waals surface area contributed by atoms with Crippen LogP contribution in [0.4, 0.5) is 17.5 Å². The van der Waals surface area contributed by atoms with E-state index in [9.17, 15) is 9.90 Å². The van der Waals surface area contributed by atoms with E-state index in [4.69, 9.17) is 0 Å². The minimum atomic E-state index is -0.822. The van der Waals surface area contributed by atoms with Gasteiger partial charge in [0.15, 0.2) is 0 Å².